The van der Waals surface area contributed by atoms with Crippen molar-refractivity contribution in [2.24, 2.45) is 11.7 Å². The van der Waals surface area contributed by atoms with Gasteiger partial charge in [0.1, 0.15) is 5.75 Å². The Morgan fingerprint density at radius 2 is 1.88 bits per heavy atom. The molecule has 1 fully saturated rings. The molecule has 0 aromatic heterocycles. The Morgan fingerprint density at radius 3 is 2.44 bits per heavy atom. The fourth-order valence-electron chi connectivity index (χ4n) is 4.09. The number of fused-ring (bicyclic) bond motifs is 1. The van der Waals surface area contributed by atoms with Crippen molar-refractivity contribution in [3.05, 3.63) is 28.8 Å². The third kappa shape index (κ3) is 4.61. The Hall–Kier alpha value is -0.520. The minimum atomic E-state index is -0.0848. The number of nitrogens with zero attached hydrogens (tertiary/aromatic N) is 1. The van der Waals surface area contributed by atoms with Crippen LogP contribution in [0.5, 0.6) is 5.75 Å². The van der Waals surface area contributed by atoms with E-state index in [2.05, 4.69) is 24.8 Å². The minimum Gasteiger partial charge on any atom is -0.507 e. The van der Waals surface area contributed by atoms with Crippen molar-refractivity contribution in [1.29, 1.82) is 0 Å². The van der Waals surface area contributed by atoms with Crippen LogP contribution < -0.4 is 5.73 Å². The van der Waals surface area contributed by atoms with Gasteiger partial charge < -0.3 is 20.5 Å². The summed E-state index contributed by atoms with van der Waals surface area (Å²) in [7, 11) is 0. The maximum Gasteiger partial charge on any atom is 0.122 e. The fraction of sp³-hybridized carbons (Fsp3) is 0.684. The van der Waals surface area contributed by atoms with Gasteiger partial charge in [-0.15, -0.1) is 24.8 Å². The molecule has 4 nitrogen and oxygen atoms in total. The topological polar surface area (TPSA) is 58.7 Å². The normalized spacial score (nSPS) is 24.4. The van der Waals surface area contributed by atoms with Crippen molar-refractivity contribution >= 4 is 24.8 Å². The lowest BCUT2D eigenvalue weighted by Gasteiger charge is -2.41. The molecule has 2 aliphatic rings. The molecule has 3 N–H and O–H groups in total. The number of aromatic hydroxyl groups is 1. The summed E-state index contributed by atoms with van der Waals surface area (Å²) in [4.78, 5) is 2.54. The van der Waals surface area contributed by atoms with Crippen LogP contribution in [0.4, 0.5) is 0 Å². The van der Waals surface area contributed by atoms with Crippen LogP contribution in [0.15, 0.2) is 12.1 Å². The molecule has 6 heteroatoms. The van der Waals surface area contributed by atoms with Gasteiger partial charge in [-0.25, -0.2) is 0 Å². The number of likely N-dealkylation sites (tertiary alicyclic amines) is 1. The molecule has 0 saturated carbocycles. The van der Waals surface area contributed by atoms with E-state index in [0.717, 1.165) is 36.2 Å². The molecule has 3 rings (SSSR count). The summed E-state index contributed by atoms with van der Waals surface area (Å²) >= 11 is 0. The highest BCUT2D eigenvalue weighted by molar-refractivity contribution is 5.85. The molecule has 2 atom stereocenters. The van der Waals surface area contributed by atoms with E-state index in [1.165, 1.54) is 12.8 Å². The van der Waals surface area contributed by atoms with Gasteiger partial charge in [0, 0.05) is 24.6 Å². The van der Waals surface area contributed by atoms with Crippen molar-refractivity contribution in [2.75, 3.05) is 19.6 Å². The molecular weight excluding hydrogens is 359 g/mol. The van der Waals surface area contributed by atoms with Crippen molar-refractivity contribution in [2.45, 2.75) is 58.3 Å². The number of phenolic OH excluding ortho intramolecular Hbond substituents is 1. The lowest BCUT2D eigenvalue weighted by atomic mass is 9.83. The number of nitrogens with two attached hydrogens (primary N) is 1. The molecule has 0 bridgehead atoms. The highest BCUT2D eigenvalue weighted by Gasteiger charge is 2.35. The monoisotopic (exact) mass is 390 g/mol. The number of rotatable bonds is 3. The highest BCUT2D eigenvalue weighted by Crippen LogP contribution is 2.40. The zero-order valence-electron chi connectivity index (χ0n) is 15.4. The zero-order valence-corrected chi connectivity index (χ0v) is 17.0. The summed E-state index contributed by atoms with van der Waals surface area (Å²) in [5, 5.41) is 10.5. The standard InChI is InChI=1S/C19H30N2O2.2ClH/c1-12(2)21-8-6-14(7-9-21)17-10-16-15(18(11-20)23-17)5-4-13(3)19(16)22;;/h4-5,12,14,17-18,22H,6-11,20H2,1-3H3;2*1H/t17-,18-;;/m0../s1. The van der Waals surface area contributed by atoms with E-state index in [1.54, 1.807) is 0 Å². The molecule has 1 aromatic carbocycles. The second-order valence-corrected chi connectivity index (χ2v) is 7.37. The largest absolute Gasteiger partial charge is 0.507 e. The van der Waals surface area contributed by atoms with Crippen molar-refractivity contribution < 1.29 is 9.84 Å². The van der Waals surface area contributed by atoms with Crippen LogP contribution in [0, 0.1) is 12.8 Å². The van der Waals surface area contributed by atoms with E-state index in [1.807, 2.05) is 13.0 Å². The molecule has 0 amide bonds. The molecular formula is C19H32Cl2N2O2. The van der Waals surface area contributed by atoms with Crippen LogP contribution in [-0.2, 0) is 11.2 Å². The smallest absolute Gasteiger partial charge is 0.122 e. The van der Waals surface area contributed by atoms with Crippen molar-refractivity contribution in [3.63, 3.8) is 0 Å². The predicted molar refractivity (Wildman–Crippen MR) is 107 cm³/mol. The fourth-order valence-corrected chi connectivity index (χ4v) is 4.09. The number of hydrogen-bond acceptors (Lipinski definition) is 4. The molecule has 0 aliphatic carbocycles. The molecule has 0 spiro atoms. The number of piperidine rings is 1. The van der Waals surface area contributed by atoms with Crippen molar-refractivity contribution in [3.8, 4) is 5.75 Å². The van der Waals surface area contributed by atoms with Gasteiger partial charge in [-0.3, -0.25) is 0 Å². The second kappa shape index (κ2) is 9.43. The van der Waals surface area contributed by atoms with Crippen molar-refractivity contribution in [1.82, 2.24) is 4.90 Å². The van der Waals surface area contributed by atoms with Gasteiger partial charge in [-0.2, -0.15) is 0 Å². The Bertz CT molecular complexity index is 561. The maximum atomic E-state index is 10.5. The number of ether oxygens (including phenoxy) is 1. The average molecular weight is 391 g/mol. The first kappa shape index (κ1) is 22.5. The summed E-state index contributed by atoms with van der Waals surface area (Å²) in [5.74, 6) is 1.00. The molecule has 0 radical (unpaired) electrons. The van der Waals surface area contributed by atoms with E-state index in [9.17, 15) is 5.11 Å². The first-order chi connectivity index (χ1) is 11.0. The summed E-state index contributed by atoms with van der Waals surface area (Å²) in [6, 6.07) is 4.65. The number of aryl methyl sites for hydroxylation is 1. The molecule has 1 saturated heterocycles. The maximum absolute atomic E-state index is 10.5. The van der Waals surface area contributed by atoms with Gasteiger partial charge in [-0.1, -0.05) is 12.1 Å². The van der Waals surface area contributed by atoms with E-state index in [-0.39, 0.29) is 37.0 Å². The lowest BCUT2D eigenvalue weighted by molar-refractivity contribution is -0.0662. The molecule has 2 heterocycles. The Labute approximate surface area is 163 Å². The molecule has 0 unspecified atom stereocenters. The van der Waals surface area contributed by atoms with Crippen LogP contribution >= 0.6 is 24.8 Å². The Morgan fingerprint density at radius 1 is 1.24 bits per heavy atom. The zero-order chi connectivity index (χ0) is 16.6. The van der Waals surface area contributed by atoms with Gasteiger partial charge in [0.15, 0.2) is 0 Å². The molecule has 1 aromatic rings. The van der Waals surface area contributed by atoms with E-state index < -0.39 is 0 Å². The van der Waals surface area contributed by atoms with E-state index in [4.69, 9.17) is 10.5 Å². The van der Waals surface area contributed by atoms with Crippen LogP contribution in [-0.4, -0.2) is 41.8 Å². The van der Waals surface area contributed by atoms with Gasteiger partial charge in [-0.05, 0) is 63.7 Å². The van der Waals surface area contributed by atoms with Crippen LogP contribution in [0.3, 0.4) is 0 Å². The third-order valence-electron chi connectivity index (χ3n) is 5.66. The Balaban J connectivity index is 0.00000156. The first-order valence-electron chi connectivity index (χ1n) is 8.92. The number of phenols is 1. The summed E-state index contributed by atoms with van der Waals surface area (Å²) in [6.45, 7) is 9.23. The minimum absolute atomic E-state index is 0. The first-order valence-corrected chi connectivity index (χ1v) is 8.92. The van der Waals surface area contributed by atoms with E-state index >= 15 is 0 Å². The molecule has 25 heavy (non-hydrogen) atoms. The predicted octanol–water partition coefficient (Wildman–Crippen LogP) is 3.61. The SMILES string of the molecule is Cc1ccc2c(c1O)C[C@@H](C1CCN(C(C)C)CC1)O[C@H]2CN.Cl.Cl. The van der Waals surface area contributed by atoms with Gasteiger partial charge in [0.2, 0.25) is 0 Å². The van der Waals surface area contributed by atoms with Crippen LogP contribution in [0.2, 0.25) is 0 Å². The average Bonchev–Trinajstić information content (AvgIpc) is 2.57. The summed E-state index contributed by atoms with van der Waals surface area (Å²) in [5.41, 5.74) is 9.02. The van der Waals surface area contributed by atoms with Gasteiger partial charge in [0.05, 0.1) is 12.2 Å². The van der Waals surface area contributed by atoms with Crippen LogP contribution in [0.1, 0.15) is 49.5 Å². The van der Waals surface area contributed by atoms with Gasteiger partial charge in [0.25, 0.3) is 0 Å². The van der Waals surface area contributed by atoms with Crippen LogP contribution in [0.25, 0.3) is 0 Å². The molecule has 2 aliphatic heterocycles. The summed E-state index contributed by atoms with van der Waals surface area (Å²) < 4.78 is 6.34. The van der Waals surface area contributed by atoms with Gasteiger partial charge >= 0.3 is 0 Å². The summed E-state index contributed by atoms with van der Waals surface area (Å²) in [6.07, 6.45) is 3.24. The number of hydrogen-bond donors (Lipinski definition) is 2. The number of benzene rings is 1. The Kier molecular flexibility index (Phi) is 8.49. The quantitative estimate of drug-likeness (QED) is 0.827. The number of halogens is 2. The second-order valence-electron chi connectivity index (χ2n) is 7.37. The third-order valence-corrected chi connectivity index (χ3v) is 5.66. The highest BCUT2D eigenvalue weighted by atomic mass is 35.5. The van der Waals surface area contributed by atoms with E-state index in [0.29, 0.717) is 24.3 Å². The molecule has 144 valence electrons. The lowest BCUT2D eigenvalue weighted by Crippen LogP contribution is -2.44.